The van der Waals surface area contributed by atoms with Gasteiger partial charge in [-0.15, -0.1) is 0 Å². The molecular formula is C24H23BrN2O3. The maximum Gasteiger partial charge on any atom is 0.277 e. The minimum atomic E-state index is -0.337. The van der Waals surface area contributed by atoms with Crippen LogP contribution in [-0.2, 0) is 11.4 Å². The lowest BCUT2D eigenvalue weighted by atomic mass is 10.1. The molecule has 6 heteroatoms. The third-order valence-electron chi connectivity index (χ3n) is 4.36. The molecule has 0 atom stereocenters. The van der Waals surface area contributed by atoms with Crippen LogP contribution >= 0.6 is 15.9 Å². The van der Waals surface area contributed by atoms with Crippen molar-refractivity contribution >= 4 is 28.1 Å². The molecule has 1 amide bonds. The first kappa shape index (κ1) is 21.6. The van der Waals surface area contributed by atoms with Gasteiger partial charge in [-0.25, -0.2) is 5.43 Å². The van der Waals surface area contributed by atoms with E-state index < -0.39 is 0 Å². The second kappa shape index (κ2) is 10.6. The SMILES string of the molecule is Cc1cccc(C)c1OCC(=O)N/N=C/c1cc(Br)ccc1OCc1ccccc1. The Labute approximate surface area is 184 Å². The summed E-state index contributed by atoms with van der Waals surface area (Å²) in [7, 11) is 0. The number of rotatable bonds is 8. The molecule has 0 saturated heterocycles. The van der Waals surface area contributed by atoms with E-state index in [1.54, 1.807) is 6.21 Å². The summed E-state index contributed by atoms with van der Waals surface area (Å²) in [6.07, 6.45) is 1.56. The molecule has 0 unspecified atom stereocenters. The maximum atomic E-state index is 12.1. The maximum absolute atomic E-state index is 12.1. The monoisotopic (exact) mass is 466 g/mol. The minimum Gasteiger partial charge on any atom is -0.488 e. The van der Waals surface area contributed by atoms with Crippen LogP contribution in [0, 0.1) is 13.8 Å². The fourth-order valence-corrected chi connectivity index (χ4v) is 3.24. The van der Waals surface area contributed by atoms with Gasteiger partial charge in [0.25, 0.3) is 5.91 Å². The summed E-state index contributed by atoms with van der Waals surface area (Å²) in [5, 5.41) is 4.05. The van der Waals surface area contributed by atoms with Crippen LogP contribution in [0.2, 0.25) is 0 Å². The number of amides is 1. The van der Waals surface area contributed by atoms with E-state index in [1.165, 1.54) is 0 Å². The largest absolute Gasteiger partial charge is 0.488 e. The number of aryl methyl sites for hydroxylation is 2. The summed E-state index contributed by atoms with van der Waals surface area (Å²) in [4.78, 5) is 12.1. The lowest BCUT2D eigenvalue weighted by Crippen LogP contribution is -2.25. The van der Waals surface area contributed by atoms with Crippen LogP contribution in [0.5, 0.6) is 11.5 Å². The number of hydrazone groups is 1. The molecule has 0 aliphatic heterocycles. The predicted molar refractivity (Wildman–Crippen MR) is 122 cm³/mol. The number of para-hydroxylation sites is 1. The fraction of sp³-hybridized carbons (Fsp3) is 0.167. The zero-order valence-corrected chi connectivity index (χ0v) is 18.5. The second-order valence-corrected chi connectivity index (χ2v) is 7.67. The van der Waals surface area contributed by atoms with Crippen molar-refractivity contribution in [3.63, 3.8) is 0 Å². The molecular weight excluding hydrogens is 444 g/mol. The first-order chi connectivity index (χ1) is 14.5. The summed E-state index contributed by atoms with van der Waals surface area (Å²) < 4.78 is 12.5. The van der Waals surface area contributed by atoms with Gasteiger partial charge in [-0.1, -0.05) is 64.5 Å². The molecule has 30 heavy (non-hydrogen) atoms. The predicted octanol–water partition coefficient (Wildman–Crippen LogP) is 5.17. The van der Waals surface area contributed by atoms with E-state index in [1.807, 2.05) is 80.6 Å². The normalized spacial score (nSPS) is 10.8. The smallest absolute Gasteiger partial charge is 0.277 e. The lowest BCUT2D eigenvalue weighted by Gasteiger charge is -2.11. The van der Waals surface area contributed by atoms with Crippen molar-refractivity contribution in [1.82, 2.24) is 5.43 Å². The van der Waals surface area contributed by atoms with Gasteiger partial charge in [-0.3, -0.25) is 4.79 Å². The number of carbonyl (C=O) groups is 1. The van der Waals surface area contributed by atoms with Crippen LogP contribution in [0.25, 0.3) is 0 Å². The third-order valence-corrected chi connectivity index (χ3v) is 4.85. The molecule has 0 aliphatic rings. The Kier molecular flexibility index (Phi) is 7.63. The number of benzene rings is 3. The summed E-state index contributed by atoms with van der Waals surface area (Å²) in [6.45, 7) is 4.23. The van der Waals surface area contributed by atoms with Gasteiger partial charge in [0.1, 0.15) is 18.1 Å². The average Bonchev–Trinajstić information content (AvgIpc) is 2.73. The third kappa shape index (κ3) is 6.19. The van der Waals surface area contributed by atoms with Crippen molar-refractivity contribution < 1.29 is 14.3 Å². The van der Waals surface area contributed by atoms with Gasteiger partial charge in [-0.2, -0.15) is 5.10 Å². The Hall–Kier alpha value is -3.12. The van der Waals surface area contributed by atoms with Crippen molar-refractivity contribution in [2.75, 3.05) is 6.61 Å². The van der Waals surface area contributed by atoms with Crippen molar-refractivity contribution in [2.24, 2.45) is 5.10 Å². The summed E-state index contributed by atoms with van der Waals surface area (Å²) in [6, 6.07) is 21.4. The van der Waals surface area contributed by atoms with Crippen LogP contribution in [0.15, 0.2) is 76.3 Å². The fourth-order valence-electron chi connectivity index (χ4n) is 2.86. The van der Waals surface area contributed by atoms with Crippen molar-refractivity contribution in [1.29, 1.82) is 0 Å². The molecule has 154 valence electrons. The molecule has 0 fully saturated rings. The minimum absolute atomic E-state index is 0.112. The standard InChI is InChI=1S/C24H23BrN2O3/c1-17-7-6-8-18(2)24(17)30-16-23(28)27-26-14-20-13-21(25)11-12-22(20)29-15-19-9-4-3-5-10-19/h3-14H,15-16H2,1-2H3,(H,27,28)/b26-14+. The highest BCUT2D eigenvalue weighted by molar-refractivity contribution is 9.10. The van der Waals surface area contributed by atoms with Gasteiger partial charge < -0.3 is 9.47 Å². The Morgan fingerprint density at radius 2 is 1.73 bits per heavy atom. The van der Waals surface area contributed by atoms with Gasteiger partial charge in [-0.05, 0) is 48.7 Å². The Balaban J connectivity index is 1.58. The van der Waals surface area contributed by atoms with Crippen LogP contribution in [-0.4, -0.2) is 18.7 Å². The van der Waals surface area contributed by atoms with E-state index in [0.29, 0.717) is 12.4 Å². The van der Waals surface area contributed by atoms with Crippen LogP contribution in [0.4, 0.5) is 0 Å². The molecule has 3 aromatic carbocycles. The zero-order valence-electron chi connectivity index (χ0n) is 16.9. The Morgan fingerprint density at radius 3 is 2.47 bits per heavy atom. The molecule has 0 spiro atoms. The Morgan fingerprint density at radius 1 is 1.00 bits per heavy atom. The summed E-state index contributed by atoms with van der Waals surface area (Å²) in [5.74, 6) is 1.06. The van der Waals surface area contributed by atoms with E-state index in [2.05, 4.69) is 26.5 Å². The average molecular weight is 467 g/mol. The number of ether oxygens (including phenoxy) is 2. The Bertz CT molecular complexity index is 1020. The quantitative estimate of drug-likeness (QED) is 0.367. The number of hydrogen-bond donors (Lipinski definition) is 1. The van der Waals surface area contributed by atoms with Crippen LogP contribution < -0.4 is 14.9 Å². The van der Waals surface area contributed by atoms with Crippen molar-refractivity contribution in [2.45, 2.75) is 20.5 Å². The molecule has 0 aromatic heterocycles. The second-order valence-electron chi connectivity index (χ2n) is 6.76. The van der Waals surface area contributed by atoms with Crippen molar-refractivity contribution in [3.8, 4) is 11.5 Å². The van der Waals surface area contributed by atoms with E-state index >= 15 is 0 Å². The summed E-state index contributed by atoms with van der Waals surface area (Å²) >= 11 is 3.45. The molecule has 0 saturated carbocycles. The molecule has 0 aliphatic carbocycles. The molecule has 3 aromatic rings. The highest BCUT2D eigenvalue weighted by atomic mass is 79.9. The van der Waals surface area contributed by atoms with Crippen LogP contribution in [0.3, 0.4) is 0 Å². The van der Waals surface area contributed by atoms with E-state index in [0.717, 1.165) is 32.5 Å². The molecule has 0 bridgehead atoms. The van der Waals surface area contributed by atoms with Gasteiger partial charge in [0.2, 0.25) is 0 Å². The van der Waals surface area contributed by atoms with Gasteiger partial charge in [0.15, 0.2) is 6.61 Å². The molecule has 1 N–H and O–H groups in total. The van der Waals surface area contributed by atoms with Gasteiger partial charge in [0.05, 0.1) is 6.21 Å². The van der Waals surface area contributed by atoms with E-state index in [-0.39, 0.29) is 12.5 Å². The van der Waals surface area contributed by atoms with Gasteiger partial charge in [0, 0.05) is 10.0 Å². The first-order valence-electron chi connectivity index (χ1n) is 9.50. The number of hydrogen-bond acceptors (Lipinski definition) is 4. The number of halogens is 1. The molecule has 5 nitrogen and oxygen atoms in total. The highest BCUT2D eigenvalue weighted by Crippen LogP contribution is 2.23. The highest BCUT2D eigenvalue weighted by Gasteiger charge is 2.07. The molecule has 0 radical (unpaired) electrons. The number of nitrogens with zero attached hydrogens (tertiary/aromatic N) is 1. The first-order valence-corrected chi connectivity index (χ1v) is 10.3. The van der Waals surface area contributed by atoms with E-state index in [4.69, 9.17) is 9.47 Å². The number of nitrogens with one attached hydrogen (secondary N) is 1. The van der Waals surface area contributed by atoms with E-state index in [9.17, 15) is 4.79 Å². The topological polar surface area (TPSA) is 59.9 Å². The number of carbonyl (C=O) groups excluding carboxylic acids is 1. The summed E-state index contributed by atoms with van der Waals surface area (Å²) in [5.41, 5.74) is 6.29. The molecule has 0 heterocycles. The molecule has 3 rings (SSSR count). The lowest BCUT2D eigenvalue weighted by molar-refractivity contribution is -0.123. The zero-order chi connectivity index (χ0) is 21.3. The van der Waals surface area contributed by atoms with Crippen molar-refractivity contribution in [3.05, 3.63) is 93.5 Å². The van der Waals surface area contributed by atoms with Crippen LogP contribution in [0.1, 0.15) is 22.3 Å². The van der Waals surface area contributed by atoms with Gasteiger partial charge >= 0.3 is 0 Å².